The molecule has 0 fully saturated rings. The number of hydrogen-bond acceptors (Lipinski definition) is 3. The summed E-state index contributed by atoms with van der Waals surface area (Å²) in [4.78, 5) is 7.28. The summed E-state index contributed by atoms with van der Waals surface area (Å²) in [6, 6.07) is -0.111. The number of halogens is 3. The molecule has 6 heteroatoms. The highest BCUT2D eigenvalue weighted by molar-refractivity contribution is 5.45. The summed E-state index contributed by atoms with van der Waals surface area (Å²) < 4.78 is 37.5. The van der Waals surface area contributed by atoms with E-state index in [1.54, 1.807) is 20.8 Å². The van der Waals surface area contributed by atoms with Gasteiger partial charge in [0.25, 0.3) is 0 Å². The van der Waals surface area contributed by atoms with Gasteiger partial charge >= 0.3 is 6.18 Å². The topological polar surface area (TPSA) is 37.8 Å². The Morgan fingerprint density at radius 3 is 2.40 bits per heavy atom. The van der Waals surface area contributed by atoms with Crippen LogP contribution in [0, 0.1) is 6.92 Å². The predicted octanol–water partition coefficient (Wildman–Crippen LogP) is 2.62. The maximum atomic E-state index is 12.5. The lowest BCUT2D eigenvalue weighted by Crippen LogP contribution is -2.18. The molecule has 0 bridgehead atoms. The second-order valence-electron chi connectivity index (χ2n) is 3.48. The molecular weight excluding hydrogens is 207 g/mol. The fourth-order valence-corrected chi connectivity index (χ4v) is 1.06. The summed E-state index contributed by atoms with van der Waals surface area (Å²) in [7, 11) is 0. The van der Waals surface area contributed by atoms with Crippen LogP contribution in [0.5, 0.6) is 0 Å². The Kier molecular flexibility index (Phi) is 3.16. The smallest absolute Gasteiger partial charge is 0.367 e. The lowest BCUT2D eigenvalue weighted by molar-refractivity contribution is -0.137. The molecule has 0 aliphatic heterocycles. The third kappa shape index (κ3) is 3.07. The maximum Gasteiger partial charge on any atom is 0.421 e. The van der Waals surface area contributed by atoms with Crippen LogP contribution in [-0.2, 0) is 6.18 Å². The molecule has 1 N–H and O–H groups in total. The minimum Gasteiger partial charge on any atom is -0.367 e. The molecule has 0 saturated carbocycles. The highest BCUT2D eigenvalue weighted by Gasteiger charge is 2.35. The van der Waals surface area contributed by atoms with Crippen LogP contribution < -0.4 is 5.32 Å². The molecule has 0 atom stereocenters. The van der Waals surface area contributed by atoms with Crippen molar-refractivity contribution >= 4 is 5.82 Å². The van der Waals surface area contributed by atoms with Crippen molar-refractivity contribution in [3.05, 3.63) is 17.6 Å². The van der Waals surface area contributed by atoms with Crippen molar-refractivity contribution < 1.29 is 13.2 Å². The Balaban J connectivity index is 3.15. The van der Waals surface area contributed by atoms with Gasteiger partial charge in [0, 0.05) is 12.2 Å². The van der Waals surface area contributed by atoms with E-state index in [0.717, 1.165) is 6.20 Å². The van der Waals surface area contributed by atoms with Gasteiger partial charge in [0.1, 0.15) is 17.2 Å². The van der Waals surface area contributed by atoms with E-state index in [2.05, 4.69) is 15.3 Å². The van der Waals surface area contributed by atoms with E-state index in [1.807, 2.05) is 0 Å². The molecule has 0 radical (unpaired) electrons. The summed E-state index contributed by atoms with van der Waals surface area (Å²) in [6.45, 7) is 5.04. The van der Waals surface area contributed by atoms with E-state index in [1.165, 1.54) is 0 Å². The second kappa shape index (κ2) is 4.04. The van der Waals surface area contributed by atoms with Crippen LogP contribution in [0.1, 0.15) is 25.2 Å². The molecule has 0 aliphatic rings. The maximum absolute atomic E-state index is 12.5. The Labute approximate surface area is 85.7 Å². The van der Waals surface area contributed by atoms with Crippen molar-refractivity contribution in [2.45, 2.75) is 33.0 Å². The molecule has 1 aromatic heterocycles. The average molecular weight is 219 g/mol. The SMILES string of the molecule is Cc1ncc(C(F)(F)F)c(NC(C)C)n1. The Morgan fingerprint density at radius 1 is 1.33 bits per heavy atom. The molecular formula is C9H12F3N3. The molecule has 1 rings (SSSR count). The van der Waals surface area contributed by atoms with Gasteiger partial charge in [-0.05, 0) is 20.8 Å². The first-order valence-corrected chi connectivity index (χ1v) is 4.48. The minimum absolute atomic E-state index is 0.111. The monoisotopic (exact) mass is 219 g/mol. The molecule has 0 unspecified atom stereocenters. The summed E-state index contributed by atoms with van der Waals surface area (Å²) in [5, 5.41) is 2.65. The zero-order chi connectivity index (χ0) is 11.6. The Hall–Kier alpha value is -1.33. The number of aromatic nitrogens is 2. The van der Waals surface area contributed by atoms with E-state index in [4.69, 9.17) is 0 Å². The van der Waals surface area contributed by atoms with Crippen LogP contribution in [0.15, 0.2) is 6.20 Å². The normalized spacial score (nSPS) is 11.9. The quantitative estimate of drug-likeness (QED) is 0.830. The van der Waals surface area contributed by atoms with E-state index >= 15 is 0 Å². The van der Waals surface area contributed by atoms with Crippen LogP contribution in [0.4, 0.5) is 19.0 Å². The highest BCUT2D eigenvalue weighted by Crippen LogP contribution is 2.33. The lowest BCUT2D eigenvalue weighted by Gasteiger charge is -2.15. The van der Waals surface area contributed by atoms with Crippen LogP contribution in [0.2, 0.25) is 0 Å². The van der Waals surface area contributed by atoms with E-state index in [-0.39, 0.29) is 11.9 Å². The first-order valence-electron chi connectivity index (χ1n) is 4.48. The molecule has 1 aromatic rings. The summed E-state index contributed by atoms with van der Waals surface area (Å²) in [5.74, 6) is 0.149. The molecule has 84 valence electrons. The molecule has 1 heterocycles. The van der Waals surface area contributed by atoms with Gasteiger partial charge in [-0.1, -0.05) is 0 Å². The van der Waals surface area contributed by atoms with Crippen LogP contribution >= 0.6 is 0 Å². The third-order valence-corrected chi connectivity index (χ3v) is 1.64. The number of rotatable bonds is 2. The predicted molar refractivity (Wildman–Crippen MR) is 50.5 cm³/mol. The third-order valence-electron chi connectivity index (χ3n) is 1.64. The summed E-state index contributed by atoms with van der Waals surface area (Å²) in [5.41, 5.74) is -0.832. The van der Waals surface area contributed by atoms with Crippen molar-refractivity contribution in [1.82, 2.24) is 9.97 Å². The number of alkyl halides is 3. The van der Waals surface area contributed by atoms with Crippen molar-refractivity contribution in [1.29, 1.82) is 0 Å². The van der Waals surface area contributed by atoms with Crippen molar-refractivity contribution in [3.63, 3.8) is 0 Å². The van der Waals surface area contributed by atoms with Crippen molar-refractivity contribution in [3.8, 4) is 0 Å². The molecule has 0 aliphatic carbocycles. The Morgan fingerprint density at radius 2 is 1.93 bits per heavy atom. The number of nitrogens with zero attached hydrogens (tertiary/aromatic N) is 2. The van der Waals surface area contributed by atoms with E-state index in [0.29, 0.717) is 5.82 Å². The number of aryl methyl sites for hydroxylation is 1. The van der Waals surface area contributed by atoms with Gasteiger partial charge in [-0.3, -0.25) is 0 Å². The number of anilines is 1. The largest absolute Gasteiger partial charge is 0.421 e. The summed E-state index contributed by atoms with van der Waals surface area (Å²) in [6.07, 6.45) is -3.63. The molecule has 0 saturated heterocycles. The van der Waals surface area contributed by atoms with Gasteiger partial charge in [0.15, 0.2) is 0 Å². The average Bonchev–Trinajstić information content (AvgIpc) is 1.99. The lowest BCUT2D eigenvalue weighted by atomic mass is 10.2. The highest BCUT2D eigenvalue weighted by atomic mass is 19.4. The molecule has 0 spiro atoms. The number of hydrogen-bond donors (Lipinski definition) is 1. The van der Waals surface area contributed by atoms with Crippen LogP contribution in [-0.4, -0.2) is 16.0 Å². The molecule has 15 heavy (non-hydrogen) atoms. The van der Waals surface area contributed by atoms with Gasteiger partial charge in [0.2, 0.25) is 0 Å². The van der Waals surface area contributed by atoms with Crippen LogP contribution in [0.25, 0.3) is 0 Å². The first kappa shape index (κ1) is 11.7. The summed E-state index contributed by atoms with van der Waals surface area (Å²) >= 11 is 0. The fraction of sp³-hybridized carbons (Fsp3) is 0.556. The second-order valence-corrected chi connectivity index (χ2v) is 3.48. The van der Waals surface area contributed by atoms with Gasteiger partial charge in [-0.2, -0.15) is 13.2 Å². The fourth-order valence-electron chi connectivity index (χ4n) is 1.06. The van der Waals surface area contributed by atoms with Crippen LogP contribution in [0.3, 0.4) is 0 Å². The van der Waals surface area contributed by atoms with Crippen molar-refractivity contribution in [2.75, 3.05) is 5.32 Å². The van der Waals surface area contributed by atoms with E-state index < -0.39 is 11.7 Å². The van der Waals surface area contributed by atoms with E-state index in [9.17, 15) is 13.2 Å². The first-order chi connectivity index (χ1) is 6.80. The molecule has 3 nitrogen and oxygen atoms in total. The van der Waals surface area contributed by atoms with Gasteiger partial charge in [-0.25, -0.2) is 9.97 Å². The van der Waals surface area contributed by atoms with Crippen molar-refractivity contribution in [2.24, 2.45) is 0 Å². The van der Waals surface area contributed by atoms with Gasteiger partial charge in [0.05, 0.1) is 0 Å². The molecule has 0 aromatic carbocycles. The molecule has 0 amide bonds. The Bertz CT molecular complexity index is 347. The standard InChI is InChI=1S/C9H12F3N3/c1-5(2)14-8-7(9(10,11)12)4-13-6(3)15-8/h4-5H,1-3H3,(H,13,14,15). The minimum atomic E-state index is -4.43. The number of nitrogens with one attached hydrogen (secondary N) is 1. The van der Waals surface area contributed by atoms with Gasteiger partial charge in [-0.15, -0.1) is 0 Å². The zero-order valence-corrected chi connectivity index (χ0v) is 8.68. The zero-order valence-electron chi connectivity index (χ0n) is 8.68. The van der Waals surface area contributed by atoms with Gasteiger partial charge < -0.3 is 5.32 Å².